The number of ether oxygens (including phenoxy) is 1. The Bertz CT molecular complexity index is 337. The monoisotopic (exact) mass is 234 g/mol. The highest BCUT2D eigenvalue weighted by Gasteiger charge is 2.20. The summed E-state index contributed by atoms with van der Waals surface area (Å²) in [6, 6.07) is 8.91. The minimum atomic E-state index is 0.661. The van der Waals surface area contributed by atoms with Gasteiger partial charge in [-0.05, 0) is 39.1 Å². The van der Waals surface area contributed by atoms with Gasteiger partial charge in [-0.2, -0.15) is 0 Å². The van der Waals surface area contributed by atoms with Gasteiger partial charge < -0.3 is 10.1 Å². The lowest BCUT2D eigenvalue weighted by Crippen LogP contribution is -2.31. The Morgan fingerprint density at radius 3 is 2.76 bits per heavy atom. The van der Waals surface area contributed by atoms with E-state index in [4.69, 9.17) is 4.74 Å². The molecule has 0 radical (unpaired) electrons. The van der Waals surface area contributed by atoms with Crippen molar-refractivity contribution in [2.24, 2.45) is 0 Å². The van der Waals surface area contributed by atoms with Crippen molar-refractivity contribution in [1.29, 1.82) is 0 Å². The number of nitrogens with one attached hydrogen (secondary N) is 1. The molecule has 3 nitrogen and oxygen atoms in total. The minimum Gasteiger partial charge on any atom is -0.492 e. The van der Waals surface area contributed by atoms with Gasteiger partial charge in [-0.25, -0.2) is 0 Å². The molecule has 3 heteroatoms. The second kappa shape index (κ2) is 6.03. The molecular weight excluding hydrogens is 212 g/mol. The van der Waals surface area contributed by atoms with Gasteiger partial charge in [-0.15, -0.1) is 0 Å². The predicted octanol–water partition coefficient (Wildman–Crippen LogP) is 1.67. The van der Waals surface area contributed by atoms with E-state index >= 15 is 0 Å². The van der Waals surface area contributed by atoms with E-state index in [-0.39, 0.29) is 0 Å². The normalized spacial score (nSPS) is 20.7. The van der Waals surface area contributed by atoms with E-state index in [0.29, 0.717) is 6.04 Å². The average Bonchev–Trinajstić information content (AvgIpc) is 2.80. The van der Waals surface area contributed by atoms with Gasteiger partial charge in [-0.3, -0.25) is 4.90 Å². The van der Waals surface area contributed by atoms with Gasteiger partial charge in [0.15, 0.2) is 0 Å². The SMILES string of the molecule is CNC1CCN(CCOc2ccc(C)cc2)C1. The van der Waals surface area contributed by atoms with Crippen LogP contribution < -0.4 is 10.1 Å². The Kier molecular flexibility index (Phi) is 4.40. The summed E-state index contributed by atoms with van der Waals surface area (Å²) in [7, 11) is 2.04. The number of likely N-dealkylation sites (tertiary alicyclic amines) is 1. The van der Waals surface area contributed by atoms with Crippen LogP contribution in [0.2, 0.25) is 0 Å². The smallest absolute Gasteiger partial charge is 0.119 e. The number of nitrogens with zero attached hydrogens (tertiary/aromatic N) is 1. The molecule has 1 fully saturated rings. The molecule has 1 atom stereocenters. The molecular formula is C14H22N2O. The van der Waals surface area contributed by atoms with Crippen LogP contribution in [0.25, 0.3) is 0 Å². The van der Waals surface area contributed by atoms with Crippen molar-refractivity contribution in [3.05, 3.63) is 29.8 Å². The molecule has 1 aliphatic rings. The van der Waals surface area contributed by atoms with Gasteiger partial charge in [0.05, 0.1) is 0 Å². The third-order valence-corrected chi connectivity index (χ3v) is 3.38. The highest BCUT2D eigenvalue weighted by atomic mass is 16.5. The van der Waals surface area contributed by atoms with Crippen molar-refractivity contribution < 1.29 is 4.74 Å². The zero-order valence-electron chi connectivity index (χ0n) is 10.8. The van der Waals surface area contributed by atoms with Crippen molar-refractivity contribution >= 4 is 0 Å². The molecule has 17 heavy (non-hydrogen) atoms. The first kappa shape index (κ1) is 12.4. The average molecular weight is 234 g/mol. The molecule has 1 heterocycles. The summed E-state index contributed by atoms with van der Waals surface area (Å²) in [6.07, 6.45) is 1.25. The molecule has 2 rings (SSSR count). The van der Waals surface area contributed by atoms with Crippen LogP contribution in [0.15, 0.2) is 24.3 Å². The first-order valence-electron chi connectivity index (χ1n) is 6.37. The lowest BCUT2D eigenvalue weighted by atomic mass is 10.2. The maximum Gasteiger partial charge on any atom is 0.119 e. The summed E-state index contributed by atoms with van der Waals surface area (Å²) in [4.78, 5) is 2.45. The molecule has 0 saturated carbocycles. The van der Waals surface area contributed by atoms with E-state index in [1.165, 1.54) is 18.5 Å². The predicted molar refractivity (Wildman–Crippen MR) is 70.6 cm³/mol. The van der Waals surface area contributed by atoms with E-state index in [1.807, 2.05) is 19.2 Å². The van der Waals surface area contributed by atoms with Crippen LogP contribution in [0.4, 0.5) is 0 Å². The van der Waals surface area contributed by atoms with Gasteiger partial charge in [0.1, 0.15) is 12.4 Å². The highest BCUT2D eigenvalue weighted by Crippen LogP contribution is 2.12. The summed E-state index contributed by atoms with van der Waals surface area (Å²) < 4.78 is 5.73. The Hall–Kier alpha value is -1.06. The molecule has 0 amide bonds. The summed E-state index contributed by atoms with van der Waals surface area (Å²) in [6.45, 7) is 6.22. The van der Waals surface area contributed by atoms with Crippen molar-refractivity contribution in [1.82, 2.24) is 10.2 Å². The number of likely N-dealkylation sites (N-methyl/N-ethyl adjacent to an activating group) is 1. The zero-order chi connectivity index (χ0) is 12.1. The number of hydrogen-bond donors (Lipinski definition) is 1. The molecule has 0 aromatic heterocycles. The van der Waals surface area contributed by atoms with Crippen molar-refractivity contribution in [3.8, 4) is 5.75 Å². The van der Waals surface area contributed by atoms with Gasteiger partial charge in [-0.1, -0.05) is 17.7 Å². The molecule has 94 valence electrons. The third kappa shape index (κ3) is 3.72. The van der Waals surface area contributed by atoms with Gasteiger partial charge >= 0.3 is 0 Å². The van der Waals surface area contributed by atoms with Gasteiger partial charge in [0, 0.05) is 19.1 Å². The summed E-state index contributed by atoms with van der Waals surface area (Å²) in [5, 5.41) is 3.33. The molecule has 1 aromatic rings. The van der Waals surface area contributed by atoms with Crippen molar-refractivity contribution in [2.45, 2.75) is 19.4 Å². The topological polar surface area (TPSA) is 24.5 Å². The molecule has 1 unspecified atom stereocenters. The van der Waals surface area contributed by atoms with Gasteiger partial charge in [0.2, 0.25) is 0 Å². The highest BCUT2D eigenvalue weighted by molar-refractivity contribution is 5.26. The first-order valence-corrected chi connectivity index (χ1v) is 6.37. The maximum absolute atomic E-state index is 5.73. The third-order valence-electron chi connectivity index (χ3n) is 3.38. The molecule has 1 aromatic carbocycles. The van der Waals surface area contributed by atoms with Crippen LogP contribution >= 0.6 is 0 Å². The molecule has 0 spiro atoms. The summed E-state index contributed by atoms with van der Waals surface area (Å²) >= 11 is 0. The number of rotatable bonds is 5. The second-order valence-electron chi connectivity index (χ2n) is 4.74. The number of benzene rings is 1. The van der Waals surface area contributed by atoms with E-state index in [1.54, 1.807) is 0 Å². The fraction of sp³-hybridized carbons (Fsp3) is 0.571. The number of hydrogen-bond acceptors (Lipinski definition) is 3. The van der Waals surface area contributed by atoms with E-state index in [0.717, 1.165) is 25.4 Å². The molecule has 1 saturated heterocycles. The van der Waals surface area contributed by atoms with E-state index < -0.39 is 0 Å². The maximum atomic E-state index is 5.73. The van der Waals surface area contributed by atoms with Crippen molar-refractivity contribution in [3.63, 3.8) is 0 Å². The standard InChI is InChI=1S/C14H22N2O/c1-12-3-5-14(6-4-12)17-10-9-16-8-7-13(11-16)15-2/h3-6,13,15H,7-11H2,1-2H3. The minimum absolute atomic E-state index is 0.661. The fourth-order valence-corrected chi connectivity index (χ4v) is 2.20. The van der Waals surface area contributed by atoms with Gasteiger partial charge in [0.25, 0.3) is 0 Å². The lowest BCUT2D eigenvalue weighted by Gasteiger charge is -2.16. The molecule has 0 aliphatic carbocycles. The molecule has 1 N–H and O–H groups in total. The van der Waals surface area contributed by atoms with Crippen LogP contribution in [0.3, 0.4) is 0 Å². The van der Waals surface area contributed by atoms with Crippen LogP contribution in [0, 0.1) is 6.92 Å². The Morgan fingerprint density at radius 2 is 2.12 bits per heavy atom. The molecule has 0 bridgehead atoms. The Labute approximate surface area is 104 Å². The fourth-order valence-electron chi connectivity index (χ4n) is 2.20. The largest absolute Gasteiger partial charge is 0.492 e. The van der Waals surface area contributed by atoms with E-state index in [9.17, 15) is 0 Å². The summed E-state index contributed by atoms with van der Waals surface area (Å²) in [5.41, 5.74) is 1.27. The first-order chi connectivity index (χ1) is 8.28. The number of aryl methyl sites for hydroxylation is 1. The van der Waals surface area contributed by atoms with Crippen LogP contribution in [-0.2, 0) is 0 Å². The van der Waals surface area contributed by atoms with Crippen LogP contribution in [0.1, 0.15) is 12.0 Å². The molecule has 1 aliphatic heterocycles. The zero-order valence-corrected chi connectivity index (χ0v) is 10.8. The van der Waals surface area contributed by atoms with E-state index in [2.05, 4.69) is 29.3 Å². The van der Waals surface area contributed by atoms with Crippen LogP contribution in [0.5, 0.6) is 5.75 Å². The Morgan fingerprint density at radius 1 is 1.35 bits per heavy atom. The Balaban J connectivity index is 1.68. The van der Waals surface area contributed by atoms with Crippen molar-refractivity contribution in [2.75, 3.05) is 33.3 Å². The van der Waals surface area contributed by atoms with Crippen LogP contribution in [-0.4, -0.2) is 44.2 Å². The summed E-state index contributed by atoms with van der Waals surface area (Å²) in [5.74, 6) is 0.972. The lowest BCUT2D eigenvalue weighted by molar-refractivity contribution is 0.235. The quantitative estimate of drug-likeness (QED) is 0.838. The second-order valence-corrected chi connectivity index (χ2v) is 4.74.